The van der Waals surface area contributed by atoms with Crippen molar-refractivity contribution in [1.82, 2.24) is 5.32 Å². The van der Waals surface area contributed by atoms with Crippen LogP contribution in [0.15, 0.2) is 54.6 Å². The zero-order chi connectivity index (χ0) is 20.8. The van der Waals surface area contributed by atoms with Crippen LogP contribution in [0.3, 0.4) is 0 Å². The van der Waals surface area contributed by atoms with Crippen molar-refractivity contribution in [1.29, 1.82) is 0 Å². The third-order valence-corrected chi connectivity index (χ3v) is 5.75. The van der Waals surface area contributed by atoms with Gasteiger partial charge in [-0.1, -0.05) is 30.3 Å². The molecule has 2 heterocycles. The normalized spacial score (nSPS) is 28.5. The number of aromatic hydroxyl groups is 1. The maximum Gasteiger partial charge on any atom is 0.326 e. The molecule has 0 bridgehead atoms. The van der Waals surface area contributed by atoms with Crippen LogP contribution in [0.5, 0.6) is 5.75 Å². The SMILES string of the molecule is CCOC(=O)[C@@]1(C)N[C@@H](c2ccc(O)cc2)[C@H]2C(=O)N(c3ccccc3)C(=O)[C@@H]21. The van der Waals surface area contributed by atoms with Gasteiger partial charge in [-0.25, -0.2) is 4.90 Å². The Morgan fingerprint density at radius 3 is 2.38 bits per heavy atom. The molecule has 0 aliphatic carbocycles. The maximum absolute atomic E-state index is 13.4. The molecular formula is C22H22N2O5. The smallest absolute Gasteiger partial charge is 0.326 e. The lowest BCUT2D eigenvalue weighted by Crippen LogP contribution is -2.54. The number of benzene rings is 2. The van der Waals surface area contributed by atoms with E-state index in [1.807, 2.05) is 0 Å². The number of anilines is 1. The van der Waals surface area contributed by atoms with E-state index in [0.717, 1.165) is 0 Å². The molecule has 0 spiro atoms. The number of carbonyl (C=O) groups excluding carboxylic acids is 3. The van der Waals surface area contributed by atoms with Crippen molar-refractivity contribution < 1.29 is 24.2 Å². The van der Waals surface area contributed by atoms with Crippen molar-refractivity contribution in [3.8, 4) is 5.75 Å². The van der Waals surface area contributed by atoms with Gasteiger partial charge in [-0.3, -0.25) is 19.7 Å². The Bertz CT molecular complexity index is 959. The molecule has 0 aromatic heterocycles. The molecule has 7 nitrogen and oxygen atoms in total. The number of para-hydroxylation sites is 1. The van der Waals surface area contributed by atoms with Gasteiger partial charge in [0.15, 0.2) is 0 Å². The van der Waals surface area contributed by atoms with E-state index in [1.165, 1.54) is 17.0 Å². The highest BCUT2D eigenvalue weighted by molar-refractivity contribution is 6.24. The molecule has 2 amide bonds. The van der Waals surface area contributed by atoms with Crippen molar-refractivity contribution in [3.05, 3.63) is 60.2 Å². The summed E-state index contributed by atoms with van der Waals surface area (Å²) in [6.07, 6.45) is 0. The van der Waals surface area contributed by atoms with Crippen molar-refractivity contribution in [2.75, 3.05) is 11.5 Å². The first-order valence-electron chi connectivity index (χ1n) is 9.55. The summed E-state index contributed by atoms with van der Waals surface area (Å²) < 4.78 is 5.24. The van der Waals surface area contributed by atoms with E-state index < -0.39 is 35.3 Å². The maximum atomic E-state index is 13.4. The summed E-state index contributed by atoms with van der Waals surface area (Å²) in [5, 5.41) is 12.8. The second-order valence-electron chi connectivity index (χ2n) is 7.49. The quantitative estimate of drug-likeness (QED) is 0.610. The topological polar surface area (TPSA) is 95.9 Å². The number of esters is 1. The van der Waals surface area contributed by atoms with E-state index in [1.54, 1.807) is 56.3 Å². The summed E-state index contributed by atoms with van der Waals surface area (Å²) in [6, 6.07) is 14.5. The lowest BCUT2D eigenvalue weighted by atomic mass is 9.80. The minimum atomic E-state index is -1.35. The second-order valence-corrected chi connectivity index (χ2v) is 7.49. The Balaban J connectivity index is 1.81. The highest BCUT2D eigenvalue weighted by Crippen LogP contribution is 2.50. The first kappa shape index (κ1) is 19.1. The first-order chi connectivity index (χ1) is 13.9. The Hall–Kier alpha value is -3.19. The van der Waals surface area contributed by atoms with Gasteiger partial charge < -0.3 is 9.84 Å². The third kappa shape index (κ3) is 2.89. The molecule has 0 saturated carbocycles. The molecule has 2 aromatic carbocycles. The number of imide groups is 1. The van der Waals surface area contributed by atoms with Gasteiger partial charge in [0.25, 0.3) is 0 Å². The number of amides is 2. The molecule has 4 rings (SSSR count). The fourth-order valence-corrected chi connectivity index (χ4v) is 4.41. The van der Waals surface area contributed by atoms with Crippen LogP contribution in [0.1, 0.15) is 25.5 Å². The van der Waals surface area contributed by atoms with Crippen LogP contribution in [0.4, 0.5) is 5.69 Å². The van der Waals surface area contributed by atoms with E-state index in [4.69, 9.17) is 4.74 Å². The van der Waals surface area contributed by atoms with E-state index in [0.29, 0.717) is 11.3 Å². The van der Waals surface area contributed by atoms with Crippen molar-refractivity contribution in [2.24, 2.45) is 11.8 Å². The van der Waals surface area contributed by atoms with Crippen LogP contribution < -0.4 is 10.2 Å². The number of hydrogen-bond acceptors (Lipinski definition) is 6. The zero-order valence-corrected chi connectivity index (χ0v) is 16.2. The standard InChI is InChI=1S/C22H22N2O5/c1-3-29-21(28)22(2)17-16(18(23-22)13-9-11-15(25)12-10-13)19(26)24(20(17)27)14-7-5-4-6-8-14/h4-12,16-18,23,25H,3H2,1-2H3/t16-,17+,18-,22-/m0/s1. The van der Waals surface area contributed by atoms with Crippen LogP contribution in [0.25, 0.3) is 0 Å². The second kappa shape index (κ2) is 7.00. The number of hydrogen-bond donors (Lipinski definition) is 2. The Morgan fingerprint density at radius 1 is 1.10 bits per heavy atom. The summed E-state index contributed by atoms with van der Waals surface area (Å²) >= 11 is 0. The molecule has 7 heteroatoms. The first-order valence-corrected chi connectivity index (χ1v) is 9.55. The highest BCUT2D eigenvalue weighted by atomic mass is 16.5. The highest BCUT2D eigenvalue weighted by Gasteiger charge is 2.67. The average molecular weight is 394 g/mol. The van der Waals surface area contributed by atoms with Gasteiger partial charge in [-0.2, -0.15) is 0 Å². The molecule has 150 valence electrons. The molecule has 4 atom stereocenters. The van der Waals surface area contributed by atoms with Gasteiger partial charge in [0.1, 0.15) is 11.3 Å². The number of rotatable bonds is 4. The lowest BCUT2D eigenvalue weighted by Gasteiger charge is -2.29. The fraction of sp³-hybridized carbons (Fsp3) is 0.318. The summed E-state index contributed by atoms with van der Waals surface area (Å²) in [5.41, 5.74) is -0.158. The van der Waals surface area contributed by atoms with Crippen molar-refractivity contribution in [3.63, 3.8) is 0 Å². The lowest BCUT2D eigenvalue weighted by molar-refractivity contribution is -0.153. The minimum absolute atomic E-state index is 0.0937. The van der Waals surface area contributed by atoms with Crippen LogP contribution in [0.2, 0.25) is 0 Å². The average Bonchev–Trinajstić information content (AvgIpc) is 3.17. The van der Waals surface area contributed by atoms with E-state index >= 15 is 0 Å². The predicted molar refractivity (Wildman–Crippen MR) is 105 cm³/mol. The molecule has 0 unspecified atom stereocenters. The summed E-state index contributed by atoms with van der Waals surface area (Å²) in [7, 11) is 0. The largest absolute Gasteiger partial charge is 0.508 e. The third-order valence-electron chi connectivity index (χ3n) is 5.75. The van der Waals surface area contributed by atoms with Gasteiger partial charge >= 0.3 is 5.97 Å². The summed E-state index contributed by atoms with van der Waals surface area (Å²) in [6.45, 7) is 3.48. The molecule has 2 aliphatic rings. The summed E-state index contributed by atoms with van der Waals surface area (Å²) in [4.78, 5) is 40.7. The number of carbonyl (C=O) groups is 3. The van der Waals surface area contributed by atoms with Gasteiger partial charge in [0.05, 0.1) is 24.1 Å². The monoisotopic (exact) mass is 394 g/mol. The Morgan fingerprint density at radius 2 is 1.76 bits per heavy atom. The Labute approximate surface area is 168 Å². The molecular weight excluding hydrogens is 372 g/mol. The van der Waals surface area contributed by atoms with Gasteiger partial charge in [0.2, 0.25) is 11.8 Å². The van der Waals surface area contributed by atoms with Crippen molar-refractivity contribution in [2.45, 2.75) is 25.4 Å². The van der Waals surface area contributed by atoms with Crippen LogP contribution in [-0.4, -0.2) is 35.0 Å². The predicted octanol–water partition coefficient (Wildman–Crippen LogP) is 2.16. The van der Waals surface area contributed by atoms with Crippen LogP contribution >= 0.6 is 0 Å². The van der Waals surface area contributed by atoms with Gasteiger partial charge in [-0.15, -0.1) is 0 Å². The van der Waals surface area contributed by atoms with Gasteiger partial charge in [-0.05, 0) is 43.7 Å². The Kier molecular flexibility index (Phi) is 4.62. The number of ether oxygens (including phenoxy) is 1. The molecule has 2 aromatic rings. The van der Waals surface area contributed by atoms with E-state index in [2.05, 4.69) is 5.32 Å². The number of phenols is 1. The fourth-order valence-electron chi connectivity index (χ4n) is 4.41. The van der Waals surface area contributed by atoms with Crippen molar-refractivity contribution >= 4 is 23.5 Å². The van der Waals surface area contributed by atoms with Crippen LogP contribution in [-0.2, 0) is 19.1 Å². The summed E-state index contributed by atoms with van der Waals surface area (Å²) in [5.74, 6) is -2.90. The van der Waals surface area contributed by atoms with Crippen LogP contribution in [0, 0.1) is 11.8 Å². The van der Waals surface area contributed by atoms with E-state index in [-0.39, 0.29) is 18.3 Å². The molecule has 2 aliphatic heterocycles. The molecule has 2 N–H and O–H groups in total. The minimum Gasteiger partial charge on any atom is -0.508 e. The molecule has 29 heavy (non-hydrogen) atoms. The molecule has 2 fully saturated rings. The zero-order valence-electron chi connectivity index (χ0n) is 16.2. The number of nitrogens with one attached hydrogen (secondary N) is 1. The number of nitrogens with zero attached hydrogens (tertiary/aromatic N) is 1. The molecule has 2 saturated heterocycles. The molecule has 0 radical (unpaired) electrons. The van der Waals surface area contributed by atoms with E-state index in [9.17, 15) is 19.5 Å². The number of fused-ring (bicyclic) bond motifs is 1. The number of phenolic OH excluding ortho intramolecular Hbond substituents is 1. The van der Waals surface area contributed by atoms with Gasteiger partial charge in [0, 0.05) is 6.04 Å².